The van der Waals surface area contributed by atoms with Gasteiger partial charge in [0.05, 0.1) is 5.56 Å². The molecule has 0 bridgehead atoms. The van der Waals surface area contributed by atoms with Gasteiger partial charge in [-0.05, 0) is 32.6 Å². The minimum Gasteiger partial charge on any atom is -0.508 e. The van der Waals surface area contributed by atoms with Gasteiger partial charge in [0.25, 0.3) is 5.91 Å². The van der Waals surface area contributed by atoms with Crippen LogP contribution in [0.5, 0.6) is 5.75 Å². The molecule has 0 aliphatic heterocycles. The highest BCUT2D eigenvalue weighted by molar-refractivity contribution is 5.94. The number of amides is 1. The summed E-state index contributed by atoms with van der Waals surface area (Å²) < 4.78 is 13.7. The Morgan fingerprint density at radius 1 is 1.26 bits per heavy atom. The number of hydrogen-bond donors (Lipinski definition) is 1. The summed E-state index contributed by atoms with van der Waals surface area (Å²) in [7, 11) is 3.85. The molecule has 0 fully saturated rings. The second-order valence-electron chi connectivity index (χ2n) is 4.76. The van der Waals surface area contributed by atoms with Gasteiger partial charge in [-0.25, -0.2) is 4.39 Å². The van der Waals surface area contributed by atoms with E-state index in [-0.39, 0.29) is 17.2 Å². The molecule has 0 radical (unpaired) electrons. The van der Waals surface area contributed by atoms with Crippen molar-refractivity contribution in [2.24, 2.45) is 0 Å². The van der Waals surface area contributed by atoms with Crippen LogP contribution in [0.2, 0.25) is 0 Å². The molecular formula is C14H21FN2O2. The molecule has 1 N–H and O–H groups in total. The maximum absolute atomic E-state index is 13.7. The van der Waals surface area contributed by atoms with E-state index in [9.17, 15) is 9.18 Å². The lowest BCUT2D eigenvalue weighted by Gasteiger charge is -2.24. The van der Waals surface area contributed by atoms with Crippen LogP contribution >= 0.6 is 0 Å². The zero-order chi connectivity index (χ0) is 14.4. The van der Waals surface area contributed by atoms with Crippen LogP contribution in [0.3, 0.4) is 0 Å². The number of nitrogens with zero attached hydrogens (tertiary/aromatic N) is 2. The van der Waals surface area contributed by atoms with E-state index in [0.717, 1.165) is 19.0 Å². The zero-order valence-corrected chi connectivity index (χ0v) is 11.7. The highest BCUT2D eigenvalue weighted by Crippen LogP contribution is 2.17. The Morgan fingerprint density at radius 2 is 1.95 bits per heavy atom. The lowest BCUT2D eigenvalue weighted by atomic mass is 10.1. The van der Waals surface area contributed by atoms with E-state index in [2.05, 4.69) is 0 Å². The first-order chi connectivity index (χ1) is 8.95. The van der Waals surface area contributed by atoms with Crippen molar-refractivity contribution >= 4 is 5.91 Å². The molecule has 0 aromatic heterocycles. The molecule has 0 spiro atoms. The van der Waals surface area contributed by atoms with Crippen molar-refractivity contribution in [1.29, 1.82) is 0 Å². The smallest absolute Gasteiger partial charge is 0.256 e. The molecule has 1 rings (SSSR count). The van der Waals surface area contributed by atoms with Gasteiger partial charge in [-0.3, -0.25) is 4.79 Å². The van der Waals surface area contributed by atoms with Crippen molar-refractivity contribution in [3.8, 4) is 5.75 Å². The first kappa shape index (κ1) is 15.4. The number of likely N-dealkylation sites (N-methyl/N-ethyl adjacent to an activating group) is 1. The summed E-state index contributed by atoms with van der Waals surface area (Å²) in [5, 5.41) is 9.17. The Kier molecular flexibility index (Phi) is 5.76. The van der Waals surface area contributed by atoms with Gasteiger partial charge in [0.15, 0.2) is 0 Å². The van der Waals surface area contributed by atoms with E-state index in [1.165, 1.54) is 12.1 Å². The Hall–Kier alpha value is -1.62. The van der Waals surface area contributed by atoms with E-state index in [4.69, 9.17) is 5.11 Å². The summed E-state index contributed by atoms with van der Waals surface area (Å²) in [5.41, 5.74) is 0.00464. The Balaban J connectivity index is 2.85. The van der Waals surface area contributed by atoms with Gasteiger partial charge in [-0.1, -0.05) is 6.92 Å². The van der Waals surface area contributed by atoms with Gasteiger partial charge in [0, 0.05) is 25.7 Å². The number of hydrogen-bond acceptors (Lipinski definition) is 3. The second kappa shape index (κ2) is 7.09. The first-order valence-corrected chi connectivity index (χ1v) is 6.38. The molecule has 4 nitrogen and oxygen atoms in total. The zero-order valence-electron chi connectivity index (χ0n) is 11.7. The first-order valence-electron chi connectivity index (χ1n) is 6.38. The average Bonchev–Trinajstić information content (AvgIpc) is 2.33. The number of phenolic OH excluding ortho intramolecular Hbond substituents is 1. The summed E-state index contributed by atoms with van der Waals surface area (Å²) in [5.74, 6) is -1.19. The lowest BCUT2D eigenvalue weighted by Crippen LogP contribution is -2.37. The minimum absolute atomic E-state index is 0.00464. The van der Waals surface area contributed by atoms with Crippen molar-refractivity contribution in [2.45, 2.75) is 13.3 Å². The predicted molar refractivity (Wildman–Crippen MR) is 72.8 cm³/mol. The average molecular weight is 268 g/mol. The lowest BCUT2D eigenvalue weighted by molar-refractivity contribution is 0.0740. The van der Waals surface area contributed by atoms with Crippen LogP contribution in [0.15, 0.2) is 18.2 Å². The highest BCUT2D eigenvalue weighted by atomic mass is 19.1. The van der Waals surface area contributed by atoms with Crippen molar-refractivity contribution in [3.05, 3.63) is 29.6 Å². The number of aromatic hydroxyl groups is 1. The molecule has 1 amide bonds. The fourth-order valence-electron chi connectivity index (χ4n) is 1.75. The monoisotopic (exact) mass is 268 g/mol. The molecule has 0 aliphatic rings. The summed E-state index contributed by atoms with van der Waals surface area (Å²) in [4.78, 5) is 15.9. The topological polar surface area (TPSA) is 43.8 Å². The molecular weight excluding hydrogens is 247 g/mol. The molecule has 0 unspecified atom stereocenters. The molecule has 0 atom stereocenters. The molecule has 1 aromatic carbocycles. The van der Waals surface area contributed by atoms with Crippen LogP contribution < -0.4 is 0 Å². The molecule has 0 saturated heterocycles. The fourth-order valence-corrected chi connectivity index (χ4v) is 1.75. The molecule has 0 aliphatic carbocycles. The third-order valence-electron chi connectivity index (χ3n) is 2.78. The van der Waals surface area contributed by atoms with Crippen LogP contribution in [0.25, 0.3) is 0 Å². The number of rotatable bonds is 6. The maximum atomic E-state index is 13.7. The number of phenols is 1. The number of carbonyl (C=O) groups is 1. The van der Waals surface area contributed by atoms with Crippen molar-refractivity contribution in [2.75, 3.05) is 33.7 Å². The van der Waals surface area contributed by atoms with Crippen molar-refractivity contribution < 1.29 is 14.3 Å². The number of carbonyl (C=O) groups excluding carboxylic acids is 1. The van der Waals surface area contributed by atoms with Gasteiger partial charge in [0.2, 0.25) is 0 Å². The van der Waals surface area contributed by atoms with Gasteiger partial charge in [-0.15, -0.1) is 0 Å². The van der Waals surface area contributed by atoms with Crippen LogP contribution in [0.1, 0.15) is 23.7 Å². The normalized spacial score (nSPS) is 10.8. The summed E-state index contributed by atoms with van der Waals surface area (Å²) in [6, 6.07) is 3.61. The fraction of sp³-hybridized carbons (Fsp3) is 0.500. The Labute approximate surface area is 113 Å². The molecule has 1 aromatic rings. The third kappa shape index (κ3) is 4.52. The quantitative estimate of drug-likeness (QED) is 0.857. The van der Waals surface area contributed by atoms with Gasteiger partial charge in [0.1, 0.15) is 11.6 Å². The van der Waals surface area contributed by atoms with Crippen LogP contribution in [0, 0.1) is 5.82 Å². The Morgan fingerprint density at radius 3 is 2.47 bits per heavy atom. The second-order valence-corrected chi connectivity index (χ2v) is 4.76. The number of halogens is 1. The van der Waals surface area contributed by atoms with E-state index in [1.807, 2.05) is 25.9 Å². The van der Waals surface area contributed by atoms with E-state index in [0.29, 0.717) is 13.1 Å². The van der Waals surface area contributed by atoms with Crippen LogP contribution in [-0.4, -0.2) is 54.5 Å². The van der Waals surface area contributed by atoms with E-state index < -0.39 is 5.82 Å². The van der Waals surface area contributed by atoms with Gasteiger partial charge < -0.3 is 14.9 Å². The highest BCUT2D eigenvalue weighted by Gasteiger charge is 2.18. The number of benzene rings is 1. The van der Waals surface area contributed by atoms with Crippen LogP contribution in [-0.2, 0) is 0 Å². The molecule has 5 heteroatoms. The van der Waals surface area contributed by atoms with Gasteiger partial charge in [-0.2, -0.15) is 0 Å². The van der Waals surface area contributed by atoms with Crippen molar-refractivity contribution in [3.63, 3.8) is 0 Å². The van der Waals surface area contributed by atoms with Crippen LogP contribution in [0.4, 0.5) is 4.39 Å². The standard InChI is InChI=1S/C14H21FN2O2/c1-4-7-17(9-8-16(2)3)14(19)12-6-5-11(18)10-13(12)15/h5-6,10,18H,4,7-9H2,1-3H3. The Bertz CT molecular complexity index is 435. The van der Waals surface area contributed by atoms with Gasteiger partial charge >= 0.3 is 0 Å². The van der Waals surface area contributed by atoms with Crippen molar-refractivity contribution in [1.82, 2.24) is 9.80 Å². The minimum atomic E-state index is -0.684. The van der Waals surface area contributed by atoms with E-state index >= 15 is 0 Å². The molecule has 0 saturated carbocycles. The van der Waals surface area contributed by atoms with E-state index in [1.54, 1.807) is 4.90 Å². The maximum Gasteiger partial charge on any atom is 0.256 e. The molecule has 106 valence electrons. The summed E-state index contributed by atoms with van der Waals surface area (Å²) in [6.07, 6.45) is 0.818. The SMILES string of the molecule is CCCN(CCN(C)C)C(=O)c1ccc(O)cc1F. The predicted octanol–water partition coefficient (Wildman–Crippen LogP) is 1.95. The molecule has 0 heterocycles. The summed E-state index contributed by atoms with van der Waals surface area (Å²) >= 11 is 0. The molecule has 19 heavy (non-hydrogen) atoms. The summed E-state index contributed by atoms with van der Waals surface area (Å²) in [6.45, 7) is 3.85. The third-order valence-corrected chi connectivity index (χ3v) is 2.78. The largest absolute Gasteiger partial charge is 0.508 e.